The summed E-state index contributed by atoms with van der Waals surface area (Å²) in [6.07, 6.45) is 0.632. The summed E-state index contributed by atoms with van der Waals surface area (Å²) >= 11 is 0. The van der Waals surface area contributed by atoms with Gasteiger partial charge in [0, 0.05) is 26.1 Å². The van der Waals surface area contributed by atoms with Gasteiger partial charge >= 0.3 is 5.69 Å². The first kappa shape index (κ1) is 15.4. The molecule has 0 aliphatic carbocycles. The number of hydrogen-bond acceptors (Lipinski definition) is 5. The van der Waals surface area contributed by atoms with E-state index in [2.05, 4.69) is 0 Å². The topological polar surface area (TPSA) is 87.6 Å². The third-order valence-electron chi connectivity index (χ3n) is 2.97. The summed E-state index contributed by atoms with van der Waals surface area (Å²) in [6.45, 7) is 4.52. The van der Waals surface area contributed by atoms with Gasteiger partial charge in [-0.2, -0.15) is 0 Å². The number of nitro benzene ring substituents is 1. The van der Waals surface area contributed by atoms with Gasteiger partial charge in [-0.3, -0.25) is 10.1 Å². The van der Waals surface area contributed by atoms with E-state index in [0.29, 0.717) is 19.6 Å². The number of methoxy groups -OCH3 is 1. The first-order chi connectivity index (χ1) is 8.89. The van der Waals surface area contributed by atoms with Crippen molar-refractivity contribution in [2.45, 2.75) is 32.4 Å². The molecule has 0 spiro atoms. The van der Waals surface area contributed by atoms with Crippen molar-refractivity contribution in [2.24, 2.45) is 5.73 Å². The molecule has 0 saturated heterocycles. The summed E-state index contributed by atoms with van der Waals surface area (Å²) < 4.78 is 10.8. The van der Waals surface area contributed by atoms with Gasteiger partial charge in [-0.1, -0.05) is 6.07 Å². The maximum Gasteiger partial charge on any atom is 0.310 e. The number of rotatable bonds is 7. The van der Waals surface area contributed by atoms with Gasteiger partial charge < -0.3 is 15.2 Å². The molecular weight excluding hydrogens is 248 g/mol. The quantitative estimate of drug-likeness (QED) is 0.605. The van der Waals surface area contributed by atoms with E-state index < -0.39 is 4.92 Å². The Labute approximate surface area is 112 Å². The van der Waals surface area contributed by atoms with E-state index in [9.17, 15) is 10.1 Å². The molecule has 19 heavy (non-hydrogen) atoms. The van der Waals surface area contributed by atoms with Crippen LogP contribution in [0.4, 0.5) is 5.69 Å². The number of hydrogen-bond donors (Lipinski definition) is 1. The SMILES string of the molecule is COC(C)(C)CCOc1cc(CN)ccc1[N+](=O)[O-]. The van der Waals surface area contributed by atoms with Crippen LogP contribution in [0.15, 0.2) is 18.2 Å². The minimum absolute atomic E-state index is 0.0487. The van der Waals surface area contributed by atoms with Crippen LogP contribution in [-0.4, -0.2) is 24.2 Å². The van der Waals surface area contributed by atoms with Gasteiger partial charge in [-0.25, -0.2) is 0 Å². The summed E-state index contributed by atoms with van der Waals surface area (Å²) in [5.74, 6) is 0.250. The van der Waals surface area contributed by atoms with Crippen molar-refractivity contribution in [3.05, 3.63) is 33.9 Å². The van der Waals surface area contributed by atoms with E-state index in [1.54, 1.807) is 19.2 Å². The van der Waals surface area contributed by atoms with E-state index in [0.717, 1.165) is 5.56 Å². The van der Waals surface area contributed by atoms with Gasteiger partial charge in [0.1, 0.15) is 0 Å². The molecule has 0 aromatic heterocycles. The Bertz CT molecular complexity index is 446. The van der Waals surface area contributed by atoms with Gasteiger partial charge in [0.2, 0.25) is 0 Å². The van der Waals surface area contributed by atoms with Gasteiger partial charge in [-0.05, 0) is 25.5 Å². The summed E-state index contributed by atoms with van der Waals surface area (Å²) in [6, 6.07) is 4.65. The maximum atomic E-state index is 10.9. The fraction of sp³-hybridized carbons (Fsp3) is 0.538. The maximum absolute atomic E-state index is 10.9. The largest absolute Gasteiger partial charge is 0.487 e. The molecule has 6 heteroatoms. The lowest BCUT2D eigenvalue weighted by molar-refractivity contribution is -0.385. The molecular formula is C13H20N2O4. The first-order valence-electron chi connectivity index (χ1n) is 6.05. The predicted octanol–water partition coefficient (Wildman–Crippen LogP) is 2.25. The summed E-state index contributed by atoms with van der Waals surface area (Å²) in [5.41, 5.74) is 5.95. The summed E-state index contributed by atoms with van der Waals surface area (Å²) in [4.78, 5) is 10.4. The van der Waals surface area contributed by atoms with Crippen molar-refractivity contribution in [2.75, 3.05) is 13.7 Å². The van der Waals surface area contributed by atoms with Crippen LogP contribution in [0.3, 0.4) is 0 Å². The van der Waals surface area contributed by atoms with Crippen LogP contribution in [-0.2, 0) is 11.3 Å². The number of ether oxygens (including phenoxy) is 2. The monoisotopic (exact) mass is 268 g/mol. The van der Waals surface area contributed by atoms with Crippen molar-refractivity contribution in [1.29, 1.82) is 0 Å². The molecule has 1 aromatic rings. The third kappa shape index (κ3) is 4.50. The summed E-state index contributed by atoms with van der Waals surface area (Å²) in [7, 11) is 1.62. The second-order valence-electron chi connectivity index (χ2n) is 4.83. The minimum Gasteiger partial charge on any atom is -0.487 e. The highest BCUT2D eigenvalue weighted by molar-refractivity contribution is 5.48. The van der Waals surface area contributed by atoms with Crippen LogP contribution in [0.5, 0.6) is 5.75 Å². The standard InChI is InChI=1S/C13H20N2O4/c1-13(2,18-3)6-7-19-12-8-10(9-14)4-5-11(12)15(16)17/h4-5,8H,6-7,9,14H2,1-3H3. The average molecular weight is 268 g/mol. The molecule has 0 atom stereocenters. The van der Waals surface area contributed by atoms with E-state index in [1.165, 1.54) is 6.07 Å². The minimum atomic E-state index is -0.461. The van der Waals surface area contributed by atoms with E-state index in [-0.39, 0.29) is 17.0 Å². The average Bonchev–Trinajstić information content (AvgIpc) is 2.38. The molecule has 1 aromatic carbocycles. The van der Waals surface area contributed by atoms with Crippen molar-refractivity contribution >= 4 is 5.69 Å². The molecule has 0 radical (unpaired) electrons. The Morgan fingerprint density at radius 1 is 1.42 bits per heavy atom. The molecule has 0 unspecified atom stereocenters. The zero-order valence-electron chi connectivity index (χ0n) is 11.5. The molecule has 0 amide bonds. The van der Waals surface area contributed by atoms with Crippen LogP contribution >= 0.6 is 0 Å². The number of nitrogens with two attached hydrogens (primary N) is 1. The first-order valence-corrected chi connectivity index (χ1v) is 6.05. The van der Waals surface area contributed by atoms with Crippen LogP contribution in [0.25, 0.3) is 0 Å². The van der Waals surface area contributed by atoms with Crippen molar-refractivity contribution in [3.63, 3.8) is 0 Å². The van der Waals surface area contributed by atoms with Crippen LogP contribution in [0.2, 0.25) is 0 Å². The van der Waals surface area contributed by atoms with Crippen LogP contribution in [0.1, 0.15) is 25.8 Å². The highest BCUT2D eigenvalue weighted by Gasteiger charge is 2.19. The fourth-order valence-corrected chi connectivity index (χ4v) is 1.46. The highest BCUT2D eigenvalue weighted by atomic mass is 16.6. The van der Waals surface area contributed by atoms with E-state index >= 15 is 0 Å². The molecule has 0 saturated carbocycles. The van der Waals surface area contributed by atoms with Crippen molar-refractivity contribution in [1.82, 2.24) is 0 Å². The Morgan fingerprint density at radius 2 is 2.11 bits per heavy atom. The predicted molar refractivity (Wildman–Crippen MR) is 72.2 cm³/mol. The number of benzene rings is 1. The zero-order chi connectivity index (χ0) is 14.5. The zero-order valence-corrected chi connectivity index (χ0v) is 11.5. The lowest BCUT2D eigenvalue weighted by Gasteiger charge is -2.22. The highest BCUT2D eigenvalue weighted by Crippen LogP contribution is 2.28. The Morgan fingerprint density at radius 3 is 2.63 bits per heavy atom. The Hall–Kier alpha value is -1.66. The third-order valence-corrected chi connectivity index (χ3v) is 2.97. The van der Waals surface area contributed by atoms with Gasteiger partial charge in [-0.15, -0.1) is 0 Å². The fourth-order valence-electron chi connectivity index (χ4n) is 1.46. The molecule has 6 nitrogen and oxygen atoms in total. The molecule has 2 N–H and O–H groups in total. The molecule has 106 valence electrons. The van der Waals surface area contributed by atoms with Gasteiger partial charge in [0.25, 0.3) is 0 Å². The lowest BCUT2D eigenvalue weighted by atomic mass is 10.1. The normalized spacial score (nSPS) is 11.4. The second kappa shape index (κ2) is 6.49. The van der Waals surface area contributed by atoms with Gasteiger partial charge in [0.15, 0.2) is 5.75 Å². The second-order valence-corrected chi connectivity index (χ2v) is 4.83. The Balaban J connectivity index is 2.78. The Kier molecular flexibility index (Phi) is 5.26. The van der Waals surface area contributed by atoms with Crippen LogP contribution < -0.4 is 10.5 Å². The molecule has 0 fully saturated rings. The molecule has 0 aliphatic rings. The van der Waals surface area contributed by atoms with E-state index in [4.69, 9.17) is 15.2 Å². The van der Waals surface area contributed by atoms with Crippen molar-refractivity contribution < 1.29 is 14.4 Å². The van der Waals surface area contributed by atoms with E-state index in [1.807, 2.05) is 13.8 Å². The van der Waals surface area contributed by atoms with Gasteiger partial charge in [0.05, 0.1) is 17.1 Å². The van der Waals surface area contributed by atoms with Crippen LogP contribution in [0, 0.1) is 10.1 Å². The number of nitrogens with zero attached hydrogens (tertiary/aromatic N) is 1. The summed E-state index contributed by atoms with van der Waals surface area (Å²) in [5, 5.41) is 10.9. The molecule has 0 bridgehead atoms. The molecule has 0 heterocycles. The molecule has 0 aliphatic heterocycles. The lowest BCUT2D eigenvalue weighted by Crippen LogP contribution is -2.25. The van der Waals surface area contributed by atoms with Crippen molar-refractivity contribution in [3.8, 4) is 5.75 Å². The molecule has 1 rings (SSSR count). The smallest absolute Gasteiger partial charge is 0.310 e. The number of nitro groups is 1.